The highest BCUT2D eigenvalue weighted by atomic mass is 19.3. The molecule has 0 aromatic carbocycles. The van der Waals surface area contributed by atoms with Crippen molar-refractivity contribution in [3.05, 3.63) is 84.0 Å². The Morgan fingerprint density at radius 1 is 0.944 bits per heavy atom. The molecule has 0 amide bonds. The molecule has 0 aliphatic carbocycles. The first-order chi connectivity index (χ1) is 17.5. The van der Waals surface area contributed by atoms with Crippen LogP contribution in [0.3, 0.4) is 0 Å². The van der Waals surface area contributed by atoms with Crippen LogP contribution in [-0.2, 0) is 31.0 Å². The van der Waals surface area contributed by atoms with Gasteiger partial charge in [-0.05, 0) is 17.7 Å². The fraction of sp³-hybridized carbons (Fsp3) is 0.280. The average Bonchev–Trinajstić information content (AvgIpc) is 3.61. The molecule has 7 heterocycles. The molecule has 0 unspecified atom stereocenters. The molecule has 2 aliphatic heterocycles. The molecule has 7 rings (SSSR count). The van der Waals surface area contributed by atoms with Crippen LogP contribution in [0.25, 0.3) is 22.6 Å². The highest BCUT2D eigenvalue weighted by molar-refractivity contribution is 5.59. The third kappa shape index (κ3) is 3.95. The Morgan fingerprint density at radius 2 is 1.78 bits per heavy atom. The van der Waals surface area contributed by atoms with Crippen molar-refractivity contribution in [2.45, 2.75) is 32.2 Å². The Kier molecular flexibility index (Phi) is 4.76. The first kappa shape index (κ1) is 21.3. The highest BCUT2D eigenvalue weighted by Gasteiger charge is 2.43. The number of fused-ring (bicyclic) bond motifs is 2. The first-order valence-electron chi connectivity index (χ1n) is 11.7. The lowest BCUT2D eigenvalue weighted by molar-refractivity contribution is -0.133. The zero-order valence-corrected chi connectivity index (χ0v) is 19.3. The molecule has 2 aliphatic rings. The van der Waals surface area contributed by atoms with Gasteiger partial charge in [0.25, 0.3) is 5.92 Å². The SMILES string of the molecule is FC1(F)CN(Cc2ccc3nc(Cn4cc(-c5cncc(-n6cc7c(c6)COC7)c5)nn4)cn3c2)C1. The average molecular weight is 489 g/mol. The van der Waals surface area contributed by atoms with E-state index >= 15 is 0 Å². The maximum atomic E-state index is 13.1. The topological polar surface area (TPSA) is 78.3 Å². The summed E-state index contributed by atoms with van der Waals surface area (Å²) >= 11 is 0. The Balaban J connectivity index is 1.07. The number of nitrogens with zero attached hydrogens (tertiary/aromatic N) is 8. The fourth-order valence-corrected chi connectivity index (χ4v) is 4.84. The molecule has 9 nitrogen and oxygen atoms in total. The van der Waals surface area contributed by atoms with Gasteiger partial charge >= 0.3 is 0 Å². The van der Waals surface area contributed by atoms with Crippen LogP contribution < -0.4 is 0 Å². The minimum absolute atomic E-state index is 0.185. The van der Waals surface area contributed by atoms with Crippen molar-refractivity contribution in [1.82, 2.24) is 38.8 Å². The smallest absolute Gasteiger partial charge is 0.272 e. The minimum atomic E-state index is -2.56. The number of likely N-dealkylation sites (tertiary alicyclic amines) is 1. The van der Waals surface area contributed by atoms with Crippen molar-refractivity contribution in [2.75, 3.05) is 13.1 Å². The summed E-state index contributed by atoms with van der Waals surface area (Å²) in [4.78, 5) is 10.8. The molecule has 36 heavy (non-hydrogen) atoms. The van der Waals surface area contributed by atoms with Crippen molar-refractivity contribution in [3.63, 3.8) is 0 Å². The van der Waals surface area contributed by atoms with Crippen molar-refractivity contribution in [2.24, 2.45) is 0 Å². The lowest BCUT2D eigenvalue weighted by Gasteiger charge is -2.38. The van der Waals surface area contributed by atoms with Gasteiger partial charge in [0.15, 0.2) is 0 Å². The van der Waals surface area contributed by atoms with Gasteiger partial charge in [-0.1, -0.05) is 11.3 Å². The fourth-order valence-electron chi connectivity index (χ4n) is 4.84. The predicted molar refractivity (Wildman–Crippen MR) is 126 cm³/mol. The zero-order valence-electron chi connectivity index (χ0n) is 19.3. The second-order valence-corrected chi connectivity index (χ2v) is 9.48. The van der Waals surface area contributed by atoms with Crippen LogP contribution in [0.2, 0.25) is 0 Å². The number of rotatable bonds is 6. The largest absolute Gasteiger partial charge is 0.372 e. The summed E-state index contributed by atoms with van der Waals surface area (Å²) < 4.78 is 37.4. The summed E-state index contributed by atoms with van der Waals surface area (Å²) in [5.74, 6) is -2.56. The summed E-state index contributed by atoms with van der Waals surface area (Å²) in [5.41, 5.74) is 7.55. The second kappa shape index (κ2) is 8.04. The van der Waals surface area contributed by atoms with Crippen LogP contribution in [0.5, 0.6) is 0 Å². The van der Waals surface area contributed by atoms with Gasteiger partial charge < -0.3 is 13.7 Å². The summed E-state index contributed by atoms with van der Waals surface area (Å²) in [5, 5.41) is 8.62. The van der Waals surface area contributed by atoms with Crippen molar-refractivity contribution in [3.8, 4) is 16.9 Å². The van der Waals surface area contributed by atoms with Crippen LogP contribution in [0.4, 0.5) is 8.78 Å². The van der Waals surface area contributed by atoms with Crippen molar-refractivity contribution >= 4 is 5.65 Å². The van der Waals surface area contributed by atoms with Gasteiger partial charge in [0.1, 0.15) is 11.3 Å². The standard InChI is InChI=1S/C25H22F2N8O/c26-25(27)15-32(16-25)6-17-1-2-24-29-21(10-34(24)7-17)11-35-12-23(30-31-35)18-3-22(5-28-4-18)33-8-19-13-36-14-20(19)9-33/h1-5,7-10,12H,6,11,13-16H2. The van der Waals surface area contributed by atoms with E-state index in [1.807, 2.05) is 47.4 Å². The van der Waals surface area contributed by atoms with E-state index in [0.717, 1.165) is 33.8 Å². The second-order valence-electron chi connectivity index (χ2n) is 9.48. The predicted octanol–water partition coefficient (Wildman–Crippen LogP) is 3.31. The molecular weight excluding hydrogens is 466 g/mol. The number of hydrogen-bond donors (Lipinski definition) is 0. The first-order valence-corrected chi connectivity index (χ1v) is 11.7. The maximum Gasteiger partial charge on any atom is 0.272 e. The van der Waals surface area contributed by atoms with Crippen LogP contribution >= 0.6 is 0 Å². The van der Waals surface area contributed by atoms with E-state index in [1.165, 1.54) is 11.1 Å². The van der Waals surface area contributed by atoms with E-state index in [9.17, 15) is 8.78 Å². The summed E-state index contributed by atoms with van der Waals surface area (Å²) in [6.07, 6.45) is 13.5. The molecule has 0 bridgehead atoms. The van der Waals surface area contributed by atoms with Crippen molar-refractivity contribution < 1.29 is 13.5 Å². The molecular formula is C25H22F2N8O. The van der Waals surface area contributed by atoms with Crippen LogP contribution in [0.1, 0.15) is 22.4 Å². The van der Waals surface area contributed by atoms with Gasteiger partial charge in [-0.2, -0.15) is 0 Å². The van der Waals surface area contributed by atoms with E-state index in [1.54, 1.807) is 15.8 Å². The molecule has 0 spiro atoms. The van der Waals surface area contributed by atoms with E-state index in [4.69, 9.17) is 4.74 Å². The lowest BCUT2D eigenvalue weighted by Crippen LogP contribution is -2.55. The van der Waals surface area contributed by atoms with E-state index in [-0.39, 0.29) is 13.1 Å². The van der Waals surface area contributed by atoms with E-state index in [2.05, 4.69) is 37.2 Å². The molecule has 1 saturated heterocycles. The zero-order chi connectivity index (χ0) is 24.3. The molecule has 182 valence electrons. The summed E-state index contributed by atoms with van der Waals surface area (Å²) in [6, 6.07) is 5.88. The molecule has 0 N–H and O–H groups in total. The van der Waals surface area contributed by atoms with Crippen LogP contribution in [0, 0.1) is 0 Å². The normalized spacial score (nSPS) is 16.9. The number of pyridine rings is 2. The number of imidazole rings is 1. The molecule has 11 heteroatoms. The van der Waals surface area contributed by atoms with E-state index < -0.39 is 5.92 Å². The van der Waals surface area contributed by atoms with Gasteiger partial charge in [-0.25, -0.2) is 18.4 Å². The Morgan fingerprint density at radius 3 is 2.58 bits per heavy atom. The van der Waals surface area contributed by atoms with Gasteiger partial charge in [-0.15, -0.1) is 5.10 Å². The number of halogens is 2. The quantitative estimate of drug-likeness (QED) is 0.365. The molecule has 5 aromatic rings. The summed E-state index contributed by atoms with van der Waals surface area (Å²) in [7, 11) is 0. The summed E-state index contributed by atoms with van der Waals surface area (Å²) in [6.45, 7) is 1.88. The Bertz CT molecular complexity index is 1560. The van der Waals surface area contributed by atoms with Gasteiger partial charge in [0, 0.05) is 54.2 Å². The number of aromatic nitrogens is 7. The Labute approximate surface area is 204 Å². The number of alkyl halides is 2. The number of ether oxygens (including phenoxy) is 1. The molecule has 0 atom stereocenters. The monoisotopic (exact) mass is 488 g/mol. The third-order valence-corrected chi connectivity index (χ3v) is 6.58. The van der Waals surface area contributed by atoms with Gasteiger partial charge in [0.05, 0.1) is 56.6 Å². The van der Waals surface area contributed by atoms with Crippen LogP contribution in [-0.4, -0.2) is 57.8 Å². The third-order valence-electron chi connectivity index (χ3n) is 6.58. The lowest BCUT2D eigenvalue weighted by atomic mass is 10.1. The highest BCUT2D eigenvalue weighted by Crippen LogP contribution is 2.28. The molecule has 0 saturated carbocycles. The number of hydrogen-bond acceptors (Lipinski definition) is 6. The van der Waals surface area contributed by atoms with E-state index in [0.29, 0.717) is 26.3 Å². The van der Waals surface area contributed by atoms with Crippen LogP contribution in [0.15, 0.2) is 61.6 Å². The van der Waals surface area contributed by atoms with Gasteiger partial charge in [0.2, 0.25) is 0 Å². The molecule has 5 aromatic heterocycles. The maximum absolute atomic E-state index is 13.1. The minimum Gasteiger partial charge on any atom is -0.372 e. The molecule has 0 radical (unpaired) electrons. The molecule has 1 fully saturated rings. The van der Waals surface area contributed by atoms with Gasteiger partial charge in [-0.3, -0.25) is 9.88 Å². The Hall–Kier alpha value is -3.96. The van der Waals surface area contributed by atoms with Crippen molar-refractivity contribution in [1.29, 1.82) is 0 Å².